The molecule has 0 fully saturated rings. The van der Waals surface area contributed by atoms with Crippen molar-refractivity contribution in [1.82, 2.24) is 0 Å². The number of hydrogen-bond acceptors (Lipinski definition) is 0. The van der Waals surface area contributed by atoms with Crippen molar-refractivity contribution in [3.05, 3.63) is 218 Å². The van der Waals surface area contributed by atoms with Crippen LogP contribution >= 0.6 is 0 Å². The Balaban J connectivity index is 1.24. The van der Waals surface area contributed by atoms with E-state index < -0.39 is 0 Å². The van der Waals surface area contributed by atoms with Gasteiger partial charge in [0.05, 0.1) is 0 Å². The summed E-state index contributed by atoms with van der Waals surface area (Å²) in [4.78, 5) is 0. The van der Waals surface area contributed by atoms with Gasteiger partial charge >= 0.3 is 0 Å². The molecule has 10 aromatic rings. The van der Waals surface area contributed by atoms with Crippen LogP contribution in [0.1, 0.15) is 0 Å². The molecule has 54 heavy (non-hydrogen) atoms. The van der Waals surface area contributed by atoms with Crippen LogP contribution in [-0.4, -0.2) is 0 Å². The van der Waals surface area contributed by atoms with Crippen molar-refractivity contribution in [2.45, 2.75) is 0 Å². The lowest BCUT2D eigenvalue weighted by molar-refractivity contribution is 1.59. The maximum atomic E-state index is 2.45. The quantitative estimate of drug-likeness (QED) is 0.153. The van der Waals surface area contributed by atoms with E-state index in [1.807, 2.05) is 0 Å². The Morgan fingerprint density at radius 1 is 0.167 bits per heavy atom. The smallest absolute Gasteiger partial charge is 0.00261 e. The molecule has 0 amide bonds. The number of hydrogen-bond donors (Lipinski definition) is 0. The lowest BCUT2D eigenvalue weighted by atomic mass is 9.84. The standard InChI is InChI=1S/C54H36/c1-4-16-37(17-5-1)40-22-14-24-42(34-40)45-32-33-46(43-25-15-23-41(35-43)38-18-6-2-7-19-38)52-36-44(30-31-47(45)52)54-50-28-12-10-26-48(50)53(39-20-8-3-9-21-39)49-27-11-13-29-51(49)54/h1-36H. The van der Waals surface area contributed by atoms with Crippen LogP contribution in [0.5, 0.6) is 0 Å². The van der Waals surface area contributed by atoms with E-state index in [0.29, 0.717) is 0 Å². The summed E-state index contributed by atoms with van der Waals surface area (Å²) in [6.07, 6.45) is 0. The van der Waals surface area contributed by atoms with Crippen molar-refractivity contribution in [3.8, 4) is 66.8 Å². The molecule has 252 valence electrons. The maximum Gasteiger partial charge on any atom is -0.00261 e. The van der Waals surface area contributed by atoms with Crippen molar-refractivity contribution in [1.29, 1.82) is 0 Å². The molecule has 0 heterocycles. The highest BCUT2D eigenvalue weighted by molar-refractivity contribution is 6.22. The van der Waals surface area contributed by atoms with E-state index in [2.05, 4.69) is 218 Å². The third-order valence-electron chi connectivity index (χ3n) is 10.9. The highest BCUT2D eigenvalue weighted by Crippen LogP contribution is 2.46. The molecule has 0 bridgehead atoms. The molecule has 0 saturated heterocycles. The predicted octanol–water partition coefficient (Wildman–Crippen LogP) is 15.1. The molecule has 0 aromatic heterocycles. The molecule has 0 spiro atoms. The monoisotopic (exact) mass is 684 g/mol. The summed E-state index contributed by atoms with van der Waals surface area (Å²) in [5.74, 6) is 0. The third-order valence-corrected chi connectivity index (χ3v) is 10.9. The second-order valence-corrected chi connectivity index (χ2v) is 14.0. The van der Waals surface area contributed by atoms with Gasteiger partial charge in [-0.05, 0) is 117 Å². The van der Waals surface area contributed by atoms with Crippen LogP contribution in [0.4, 0.5) is 0 Å². The van der Waals surface area contributed by atoms with Crippen molar-refractivity contribution in [2.24, 2.45) is 0 Å². The minimum Gasteiger partial charge on any atom is -0.0622 e. The van der Waals surface area contributed by atoms with E-state index >= 15 is 0 Å². The highest BCUT2D eigenvalue weighted by Gasteiger charge is 2.18. The van der Waals surface area contributed by atoms with Crippen molar-refractivity contribution < 1.29 is 0 Å². The first kappa shape index (κ1) is 31.7. The molecule has 10 rings (SSSR count). The van der Waals surface area contributed by atoms with Crippen LogP contribution < -0.4 is 0 Å². The van der Waals surface area contributed by atoms with Crippen LogP contribution in [0.2, 0.25) is 0 Å². The van der Waals surface area contributed by atoms with Gasteiger partial charge in [0.25, 0.3) is 0 Å². The van der Waals surface area contributed by atoms with Crippen LogP contribution in [0.25, 0.3) is 99.1 Å². The molecule has 0 atom stereocenters. The minimum atomic E-state index is 1.21. The van der Waals surface area contributed by atoms with Gasteiger partial charge in [-0.1, -0.05) is 200 Å². The molecule has 0 heteroatoms. The lowest BCUT2D eigenvalue weighted by Gasteiger charge is -2.19. The Labute approximate surface area is 316 Å². The first-order chi connectivity index (χ1) is 26.8. The molecule has 0 aliphatic rings. The van der Waals surface area contributed by atoms with E-state index in [0.717, 1.165) is 0 Å². The zero-order valence-corrected chi connectivity index (χ0v) is 29.8. The SMILES string of the molecule is c1ccc(-c2cccc(-c3ccc(-c4cccc(-c5ccccc5)c4)c4cc(-c5c6ccccc6c(-c6ccccc6)c6ccccc56)ccc34)c2)cc1. The van der Waals surface area contributed by atoms with Gasteiger partial charge in [-0.3, -0.25) is 0 Å². The van der Waals surface area contributed by atoms with Crippen molar-refractivity contribution >= 4 is 32.3 Å². The highest BCUT2D eigenvalue weighted by atomic mass is 14.2. The predicted molar refractivity (Wildman–Crippen MR) is 232 cm³/mol. The molecular formula is C54H36. The number of benzene rings is 10. The first-order valence-corrected chi connectivity index (χ1v) is 18.7. The first-order valence-electron chi connectivity index (χ1n) is 18.7. The molecule has 0 aliphatic carbocycles. The Morgan fingerprint density at radius 3 is 1.02 bits per heavy atom. The summed E-state index contributed by atoms with van der Waals surface area (Å²) >= 11 is 0. The Hall–Kier alpha value is -7.02. The molecular weight excluding hydrogens is 649 g/mol. The minimum absolute atomic E-state index is 1.21. The van der Waals surface area contributed by atoms with Crippen LogP contribution in [0, 0.1) is 0 Å². The summed E-state index contributed by atoms with van der Waals surface area (Å²) in [6.45, 7) is 0. The zero-order chi connectivity index (χ0) is 35.8. The normalized spacial score (nSPS) is 11.3. The molecule has 0 saturated carbocycles. The van der Waals surface area contributed by atoms with Gasteiger partial charge in [0.1, 0.15) is 0 Å². The number of fused-ring (bicyclic) bond motifs is 3. The maximum absolute atomic E-state index is 2.45. The average molecular weight is 685 g/mol. The van der Waals surface area contributed by atoms with E-state index in [-0.39, 0.29) is 0 Å². The second-order valence-electron chi connectivity index (χ2n) is 14.0. The third kappa shape index (κ3) is 5.57. The Kier molecular flexibility index (Phi) is 7.93. The van der Waals surface area contributed by atoms with Gasteiger partial charge in [-0.15, -0.1) is 0 Å². The van der Waals surface area contributed by atoms with Crippen LogP contribution in [-0.2, 0) is 0 Å². The fourth-order valence-electron chi connectivity index (χ4n) is 8.36. The van der Waals surface area contributed by atoms with Crippen molar-refractivity contribution in [3.63, 3.8) is 0 Å². The molecule has 0 N–H and O–H groups in total. The van der Waals surface area contributed by atoms with Gasteiger partial charge in [0, 0.05) is 0 Å². The van der Waals surface area contributed by atoms with Gasteiger partial charge in [-0.25, -0.2) is 0 Å². The summed E-state index contributed by atoms with van der Waals surface area (Å²) in [5.41, 5.74) is 14.7. The molecule has 0 aliphatic heterocycles. The van der Waals surface area contributed by atoms with E-state index in [9.17, 15) is 0 Å². The summed E-state index contributed by atoms with van der Waals surface area (Å²) < 4.78 is 0. The lowest BCUT2D eigenvalue weighted by Crippen LogP contribution is -1.92. The van der Waals surface area contributed by atoms with Gasteiger partial charge in [0.2, 0.25) is 0 Å². The van der Waals surface area contributed by atoms with Crippen LogP contribution in [0.15, 0.2) is 218 Å². The molecule has 10 aromatic carbocycles. The average Bonchev–Trinajstić information content (AvgIpc) is 3.26. The Morgan fingerprint density at radius 2 is 0.537 bits per heavy atom. The van der Waals surface area contributed by atoms with Crippen LogP contribution in [0.3, 0.4) is 0 Å². The van der Waals surface area contributed by atoms with Crippen molar-refractivity contribution in [2.75, 3.05) is 0 Å². The summed E-state index contributed by atoms with van der Waals surface area (Å²) in [7, 11) is 0. The van der Waals surface area contributed by atoms with E-state index in [1.54, 1.807) is 0 Å². The molecule has 0 radical (unpaired) electrons. The van der Waals surface area contributed by atoms with Gasteiger partial charge < -0.3 is 0 Å². The summed E-state index contributed by atoms with van der Waals surface area (Å²) in [5, 5.41) is 7.52. The second kappa shape index (κ2) is 13.5. The summed E-state index contributed by atoms with van der Waals surface area (Å²) in [6, 6.07) is 79.7. The fraction of sp³-hybridized carbons (Fsp3) is 0. The molecule has 0 nitrogen and oxygen atoms in total. The fourth-order valence-corrected chi connectivity index (χ4v) is 8.36. The van der Waals surface area contributed by atoms with E-state index in [4.69, 9.17) is 0 Å². The van der Waals surface area contributed by atoms with E-state index in [1.165, 1.54) is 99.1 Å². The zero-order valence-electron chi connectivity index (χ0n) is 29.8. The Bertz CT molecular complexity index is 2900. The van der Waals surface area contributed by atoms with Gasteiger partial charge in [-0.2, -0.15) is 0 Å². The largest absolute Gasteiger partial charge is 0.0622 e. The molecule has 0 unspecified atom stereocenters. The number of rotatable bonds is 6. The topological polar surface area (TPSA) is 0 Å². The van der Waals surface area contributed by atoms with Gasteiger partial charge in [0.15, 0.2) is 0 Å².